The molecule has 17 heteroatoms. The van der Waals surface area contributed by atoms with Gasteiger partial charge in [0.1, 0.15) is 24.8 Å². The third-order valence-corrected chi connectivity index (χ3v) is 14.2. The molecule has 4 N–H and O–H groups in total. The second kappa shape index (κ2) is 23.5. The van der Waals surface area contributed by atoms with Crippen LogP contribution in [0.1, 0.15) is 79.7 Å². The Balaban J connectivity index is 0.836. The highest BCUT2D eigenvalue weighted by Gasteiger charge is 2.50. The third kappa shape index (κ3) is 13.1. The molecule has 5 amide bonds. The van der Waals surface area contributed by atoms with Crippen LogP contribution >= 0.6 is 22.9 Å². The molecule has 1 unspecified atom stereocenters. The van der Waals surface area contributed by atoms with Crippen molar-refractivity contribution in [3.05, 3.63) is 129 Å². The standard InChI is InChI=1S/C54H62ClFN6O8S/c1-32-25-41(26-35-9-18-42(55)19-10-35)43-27-40(17-20-44(43)62(32)34(3)63)37-13-15-39(16-14-37)51(66)57-21-22-69-23-24-70-30-46(65)60-50(54(4,5)6)53(68)61-29-45(64)47(56)48(61)52(67)58-28-36-7-11-38(12-8-36)49-33(2)59-31-71-49/h7-20,27,31-32,41,45,47-48,50,64H,21-26,28-30H2,1-6H3,(H,57,66)(H,58,67)(H,60,65)/t32-,41-,45-,47-,48-,50?/m0/s1. The Labute approximate surface area is 423 Å². The third-order valence-electron chi connectivity index (χ3n) is 12.9. The SMILES string of the molecule is CC(=O)N1c2ccc(-c3ccc(C(=O)NCCOCCOCC(=O)NC(C(=O)N4C[C@H](O)[C@H](F)[C@H]4C(=O)NCc4ccc(-c5scnc5C)cc4)C(C)(C)C)cc3)cc2[C@H](Cc2ccc(Cl)cc2)C[C@@H]1C. The van der Waals surface area contributed by atoms with Gasteiger partial charge in [0.2, 0.25) is 23.6 Å². The van der Waals surface area contributed by atoms with Crippen LogP contribution in [0.25, 0.3) is 21.6 Å². The predicted molar refractivity (Wildman–Crippen MR) is 273 cm³/mol. The summed E-state index contributed by atoms with van der Waals surface area (Å²) in [6, 6.07) is 26.2. The summed E-state index contributed by atoms with van der Waals surface area (Å²) in [5, 5.41) is 19.4. The highest BCUT2D eigenvalue weighted by atomic mass is 35.5. The number of nitrogens with zero attached hydrogens (tertiary/aromatic N) is 3. The number of aliphatic hydroxyl groups excluding tert-OH is 1. The van der Waals surface area contributed by atoms with Crippen molar-refractivity contribution in [3.63, 3.8) is 0 Å². The summed E-state index contributed by atoms with van der Waals surface area (Å²) >= 11 is 7.68. The summed E-state index contributed by atoms with van der Waals surface area (Å²) in [6.07, 6.45) is -1.98. The molecule has 0 radical (unpaired) electrons. The number of aliphatic hydroxyl groups is 1. The number of aromatic nitrogens is 1. The maximum atomic E-state index is 15.4. The number of benzene rings is 4. The van der Waals surface area contributed by atoms with Crippen LogP contribution in [-0.4, -0.2) is 114 Å². The molecule has 3 heterocycles. The van der Waals surface area contributed by atoms with E-state index in [2.05, 4.69) is 33.9 Å². The summed E-state index contributed by atoms with van der Waals surface area (Å²) in [4.78, 5) is 74.3. The molecule has 14 nitrogen and oxygen atoms in total. The van der Waals surface area contributed by atoms with Gasteiger partial charge in [0, 0.05) is 42.3 Å². The van der Waals surface area contributed by atoms with Gasteiger partial charge in [-0.15, -0.1) is 11.3 Å². The van der Waals surface area contributed by atoms with E-state index in [1.54, 1.807) is 45.3 Å². The fraction of sp³-hybridized carbons (Fsp3) is 0.407. The van der Waals surface area contributed by atoms with E-state index in [0.29, 0.717) is 10.6 Å². The molecule has 2 aliphatic rings. The van der Waals surface area contributed by atoms with Crippen molar-refractivity contribution in [2.24, 2.45) is 5.41 Å². The first-order valence-corrected chi connectivity index (χ1v) is 25.1. The van der Waals surface area contributed by atoms with Gasteiger partial charge >= 0.3 is 0 Å². The average Bonchev–Trinajstić information content (AvgIpc) is 3.91. The molecule has 0 saturated carbocycles. The molecule has 71 heavy (non-hydrogen) atoms. The number of rotatable bonds is 18. The summed E-state index contributed by atoms with van der Waals surface area (Å²) in [7, 11) is 0. The first-order valence-electron chi connectivity index (χ1n) is 23.8. The number of halogens is 2. The van der Waals surface area contributed by atoms with Crippen LogP contribution in [0.2, 0.25) is 5.02 Å². The Morgan fingerprint density at radius 1 is 0.887 bits per heavy atom. The molecule has 7 rings (SSSR count). The highest BCUT2D eigenvalue weighted by molar-refractivity contribution is 7.13. The van der Waals surface area contributed by atoms with Crippen molar-refractivity contribution < 1.29 is 42.9 Å². The zero-order valence-electron chi connectivity index (χ0n) is 40.9. The lowest BCUT2D eigenvalue weighted by atomic mass is 9.81. The normalized spacial score (nSPS) is 19.2. The summed E-state index contributed by atoms with van der Waals surface area (Å²) in [5.41, 5.74) is 9.17. The van der Waals surface area contributed by atoms with Crippen LogP contribution in [-0.2, 0) is 41.6 Å². The van der Waals surface area contributed by atoms with E-state index < -0.39 is 60.6 Å². The minimum absolute atomic E-state index is 0.00476. The molecule has 0 spiro atoms. The summed E-state index contributed by atoms with van der Waals surface area (Å²) in [5.74, 6) is -2.14. The molecule has 2 aliphatic heterocycles. The Bertz CT molecular complexity index is 2680. The number of amides is 5. The largest absolute Gasteiger partial charge is 0.388 e. The molecule has 0 bridgehead atoms. The van der Waals surface area contributed by atoms with Crippen LogP contribution in [0.3, 0.4) is 0 Å². The number of likely N-dealkylation sites (tertiary alicyclic amines) is 1. The van der Waals surface area contributed by atoms with Crippen LogP contribution in [0.4, 0.5) is 10.1 Å². The lowest BCUT2D eigenvalue weighted by Crippen LogP contribution is -2.59. The van der Waals surface area contributed by atoms with Gasteiger partial charge in [-0.2, -0.15) is 0 Å². The topological polar surface area (TPSA) is 180 Å². The number of nitrogens with one attached hydrogen (secondary N) is 3. The minimum atomic E-state index is -2.03. The Hall–Kier alpha value is -6.04. The van der Waals surface area contributed by atoms with E-state index in [-0.39, 0.29) is 56.7 Å². The van der Waals surface area contributed by atoms with Crippen LogP contribution < -0.4 is 20.9 Å². The van der Waals surface area contributed by atoms with Crippen LogP contribution in [0.5, 0.6) is 0 Å². The number of fused-ring (bicyclic) bond motifs is 1. The van der Waals surface area contributed by atoms with Crippen LogP contribution in [0.15, 0.2) is 96.5 Å². The maximum absolute atomic E-state index is 15.4. The van der Waals surface area contributed by atoms with E-state index in [1.165, 1.54) is 16.9 Å². The van der Waals surface area contributed by atoms with Crippen molar-refractivity contribution in [2.45, 2.75) is 97.2 Å². The quantitative estimate of drug-likeness (QED) is 0.0650. The summed E-state index contributed by atoms with van der Waals surface area (Å²) in [6.45, 7) is 10.6. The van der Waals surface area contributed by atoms with E-state index in [4.69, 9.17) is 21.1 Å². The fourth-order valence-electron chi connectivity index (χ4n) is 9.25. The number of hydrogen-bond donors (Lipinski definition) is 4. The Morgan fingerprint density at radius 3 is 2.21 bits per heavy atom. The molecule has 1 saturated heterocycles. The first kappa shape index (κ1) is 52.8. The van der Waals surface area contributed by atoms with Gasteiger partial charge in [0.15, 0.2) is 6.17 Å². The fourth-order valence-corrected chi connectivity index (χ4v) is 10.2. The van der Waals surface area contributed by atoms with Gasteiger partial charge in [-0.05, 0) is 108 Å². The minimum Gasteiger partial charge on any atom is -0.388 e. The van der Waals surface area contributed by atoms with Crippen molar-refractivity contribution in [2.75, 3.05) is 44.4 Å². The lowest BCUT2D eigenvalue weighted by molar-refractivity contribution is -0.145. The first-order chi connectivity index (χ1) is 33.9. The van der Waals surface area contributed by atoms with Gasteiger partial charge in [-0.3, -0.25) is 24.0 Å². The van der Waals surface area contributed by atoms with Gasteiger partial charge in [0.05, 0.1) is 42.4 Å². The summed E-state index contributed by atoms with van der Waals surface area (Å²) < 4.78 is 26.5. The molecule has 4 aromatic carbocycles. The predicted octanol–water partition coefficient (Wildman–Crippen LogP) is 7.43. The molecule has 0 aliphatic carbocycles. The highest BCUT2D eigenvalue weighted by Crippen LogP contribution is 2.42. The van der Waals surface area contributed by atoms with Crippen molar-refractivity contribution in [1.82, 2.24) is 25.8 Å². The zero-order chi connectivity index (χ0) is 51.0. The lowest BCUT2D eigenvalue weighted by Gasteiger charge is -2.39. The van der Waals surface area contributed by atoms with E-state index in [9.17, 15) is 29.1 Å². The number of alkyl halides is 1. The van der Waals surface area contributed by atoms with E-state index in [1.807, 2.05) is 84.6 Å². The number of anilines is 1. The van der Waals surface area contributed by atoms with Gasteiger partial charge in [-0.25, -0.2) is 9.37 Å². The number of hydrogen-bond acceptors (Lipinski definition) is 10. The van der Waals surface area contributed by atoms with Gasteiger partial charge in [-0.1, -0.05) is 87.0 Å². The van der Waals surface area contributed by atoms with Crippen LogP contribution in [0, 0.1) is 12.3 Å². The average molecular weight is 1010 g/mol. The van der Waals surface area contributed by atoms with Crippen molar-refractivity contribution >= 4 is 58.2 Å². The second-order valence-corrected chi connectivity index (χ2v) is 20.6. The zero-order valence-corrected chi connectivity index (χ0v) is 42.4. The Morgan fingerprint density at radius 2 is 1.55 bits per heavy atom. The smallest absolute Gasteiger partial charge is 0.251 e. The molecular formula is C54H62ClFN6O8S. The number of ether oxygens (including phenoxy) is 2. The maximum Gasteiger partial charge on any atom is 0.251 e. The molecule has 376 valence electrons. The Kier molecular flexibility index (Phi) is 17.4. The van der Waals surface area contributed by atoms with Gasteiger partial charge < -0.3 is 40.3 Å². The number of β-amino-alcohol motifs (C(OH)–C–C–N with tert-alkyl or cyclic N) is 1. The molecule has 1 aromatic heterocycles. The van der Waals surface area contributed by atoms with Crippen molar-refractivity contribution in [1.29, 1.82) is 0 Å². The molecule has 1 fully saturated rings. The molecular weight excluding hydrogens is 947 g/mol. The molecule has 5 aromatic rings. The van der Waals surface area contributed by atoms with E-state index >= 15 is 4.39 Å². The number of carbonyl (C=O) groups is 5. The monoisotopic (exact) mass is 1010 g/mol. The van der Waals surface area contributed by atoms with E-state index in [0.717, 1.165) is 61.8 Å². The number of aryl methyl sites for hydroxylation is 1. The molecule has 6 atom stereocenters. The second-order valence-electron chi connectivity index (χ2n) is 19.3. The van der Waals surface area contributed by atoms with Gasteiger partial charge in [0.25, 0.3) is 5.91 Å². The van der Waals surface area contributed by atoms with Crippen molar-refractivity contribution in [3.8, 4) is 21.6 Å². The number of carbonyl (C=O) groups excluding carboxylic acids is 5. The number of thiazole rings is 1.